The Hall–Kier alpha value is -1.52. The van der Waals surface area contributed by atoms with Crippen LogP contribution in [0.3, 0.4) is 0 Å². The Morgan fingerprint density at radius 3 is 3.00 bits per heavy atom. The molecule has 3 saturated heterocycles. The molecule has 27 heavy (non-hydrogen) atoms. The monoisotopic (exact) mass is 409 g/mol. The highest BCUT2D eigenvalue weighted by Crippen LogP contribution is 2.34. The number of morpholine rings is 1. The molecule has 8 nitrogen and oxygen atoms in total. The van der Waals surface area contributed by atoms with E-state index in [-0.39, 0.29) is 23.3 Å². The summed E-state index contributed by atoms with van der Waals surface area (Å²) in [7, 11) is 0. The van der Waals surface area contributed by atoms with E-state index in [4.69, 9.17) is 21.1 Å². The summed E-state index contributed by atoms with van der Waals surface area (Å²) < 4.78 is 11.7. The Morgan fingerprint density at radius 2 is 2.15 bits per heavy atom. The first kappa shape index (κ1) is 17.6. The minimum absolute atomic E-state index is 0.129. The van der Waals surface area contributed by atoms with E-state index in [1.165, 1.54) is 4.88 Å². The van der Waals surface area contributed by atoms with Gasteiger partial charge in [-0.15, -0.1) is 11.3 Å². The summed E-state index contributed by atoms with van der Waals surface area (Å²) >= 11 is 7.89. The summed E-state index contributed by atoms with van der Waals surface area (Å²) in [5, 5.41) is 3.62. The molecule has 0 radical (unpaired) electrons. The molecule has 3 fully saturated rings. The summed E-state index contributed by atoms with van der Waals surface area (Å²) in [5.41, 5.74) is 0.880. The number of nitrogens with zero attached hydrogens (tertiary/aromatic N) is 4. The molecule has 3 aliphatic heterocycles. The maximum Gasteiger partial charge on any atom is 0.326 e. The lowest BCUT2D eigenvalue weighted by molar-refractivity contribution is -0.139. The number of hydrogen-bond acceptors (Lipinski definition) is 9. The summed E-state index contributed by atoms with van der Waals surface area (Å²) in [6.45, 7) is 4.87. The van der Waals surface area contributed by atoms with Gasteiger partial charge in [0, 0.05) is 37.1 Å². The van der Waals surface area contributed by atoms with Crippen molar-refractivity contribution in [3.63, 3.8) is 0 Å². The van der Waals surface area contributed by atoms with Crippen LogP contribution in [0.1, 0.15) is 4.88 Å². The normalized spacial score (nSPS) is 26.4. The quantitative estimate of drug-likeness (QED) is 0.591. The van der Waals surface area contributed by atoms with Crippen molar-refractivity contribution in [3.8, 4) is 0 Å². The van der Waals surface area contributed by atoms with Crippen LogP contribution in [0.4, 0.5) is 5.82 Å². The van der Waals surface area contributed by atoms with Crippen LogP contribution in [0, 0.1) is 0 Å². The highest BCUT2D eigenvalue weighted by Gasteiger charge is 2.41. The molecule has 5 rings (SSSR count). The average Bonchev–Trinajstić information content (AvgIpc) is 3.26. The molecule has 0 aromatic carbocycles. The minimum Gasteiger partial charge on any atom is -0.448 e. The maximum absolute atomic E-state index is 11.9. The van der Waals surface area contributed by atoms with Gasteiger partial charge in [0.15, 0.2) is 5.82 Å². The summed E-state index contributed by atoms with van der Waals surface area (Å²) in [5.74, 6) is 0.764. The van der Waals surface area contributed by atoms with E-state index in [1.54, 1.807) is 11.3 Å². The Morgan fingerprint density at radius 1 is 1.30 bits per heavy atom. The number of esters is 1. The van der Waals surface area contributed by atoms with Gasteiger partial charge in [-0.3, -0.25) is 9.69 Å². The van der Waals surface area contributed by atoms with Crippen molar-refractivity contribution >= 4 is 44.9 Å². The Bertz CT molecular complexity index is 872. The van der Waals surface area contributed by atoms with Gasteiger partial charge in [0.25, 0.3) is 0 Å². The smallest absolute Gasteiger partial charge is 0.326 e. The van der Waals surface area contributed by atoms with Crippen LogP contribution >= 0.6 is 22.9 Å². The van der Waals surface area contributed by atoms with Crippen LogP contribution in [-0.4, -0.2) is 79.0 Å². The maximum atomic E-state index is 11.9. The first-order valence-electron chi connectivity index (χ1n) is 9.11. The number of rotatable bonds is 3. The van der Waals surface area contributed by atoms with E-state index >= 15 is 0 Å². The lowest BCUT2D eigenvalue weighted by Crippen LogP contribution is -2.56. The van der Waals surface area contributed by atoms with Gasteiger partial charge >= 0.3 is 5.97 Å². The summed E-state index contributed by atoms with van der Waals surface area (Å²) in [4.78, 5) is 26.4. The van der Waals surface area contributed by atoms with Gasteiger partial charge in [0.05, 0.1) is 23.4 Å². The number of aromatic nitrogens is 2. The molecule has 1 N–H and O–H groups in total. The van der Waals surface area contributed by atoms with Gasteiger partial charge in [-0.05, 0) is 24.1 Å². The molecule has 5 heterocycles. The molecule has 3 aliphatic rings. The number of cyclic esters (lactones) is 1. The van der Waals surface area contributed by atoms with E-state index < -0.39 is 0 Å². The Balaban J connectivity index is 1.43. The highest BCUT2D eigenvalue weighted by molar-refractivity contribution is 7.19. The fourth-order valence-corrected chi connectivity index (χ4v) is 5.33. The number of fused-ring (bicyclic) bond motifs is 2. The molecule has 2 aromatic rings. The first-order valence-corrected chi connectivity index (χ1v) is 10.3. The molecule has 0 bridgehead atoms. The van der Waals surface area contributed by atoms with Gasteiger partial charge in [0.2, 0.25) is 5.28 Å². The molecule has 10 heteroatoms. The van der Waals surface area contributed by atoms with Crippen LogP contribution in [-0.2, 0) is 20.7 Å². The first-order chi connectivity index (χ1) is 13.2. The number of halogens is 1. The van der Waals surface area contributed by atoms with Crippen molar-refractivity contribution in [2.45, 2.75) is 18.5 Å². The third kappa shape index (κ3) is 3.27. The lowest BCUT2D eigenvalue weighted by Gasteiger charge is -2.34. The van der Waals surface area contributed by atoms with Gasteiger partial charge in [-0.1, -0.05) is 0 Å². The van der Waals surface area contributed by atoms with E-state index in [2.05, 4.69) is 31.2 Å². The number of hydrogen-bond donors (Lipinski definition) is 1. The van der Waals surface area contributed by atoms with Crippen molar-refractivity contribution in [1.82, 2.24) is 20.2 Å². The molecule has 2 aromatic heterocycles. The highest BCUT2D eigenvalue weighted by atomic mass is 35.5. The van der Waals surface area contributed by atoms with Crippen LogP contribution in [0.15, 0.2) is 6.07 Å². The fourth-order valence-electron chi connectivity index (χ4n) is 3.97. The number of nitrogens with one attached hydrogen (secondary N) is 1. The average molecular weight is 410 g/mol. The number of piperazine rings is 1. The van der Waals surface area contributed by atoms with Crippen molar-refractivity contribution in [3.05, 3.63) is 16.2 Å². The van der Waals surface area contributed by atoms with Crippen LogP contribution < -0.4 is 10.2 Å². The van der Waals surface area contributed by atoms with Gasteiger partial charge in [-0.25, -0.2) is 4.98 Å². The SMILES string of the molecule is O=C1OCN2C(Cc3cc4nc(Cl)nc(N5CCOCC5)c4s3)CNCC12. The van der Waals surface area contributed by atoms with Crippen LogP contribution in [0.5, 0.6) is 0 Å². The molecule has 144 valence electrons. The van der Waals surface area contributed by atoms with Gasteiger partial charge in [-0.2, -0.15) is 4.98 Å². The predicted molar refractivity (Wildman–Crippen MR) is 102 cm³/mol. The molecule has 0 saturated carbocycles. The zero-order chi connectivity index (χ0) is 18.4. The molecule has 2 unspecified atom stereocenters. The van der Waals surface area contributed by atoms with Gasteiger partial charge in [0.1, 0.15) is 12.8 Å². The minimum atomic E-state index is -0.170. The zero-order valence-corrected chi connectivity index (χ0v) is 16.3. The Kier molecular flexibility index (Phi) is 4.65. The third-order valence-electron chi connectivity index (χ3n) is 5.34. The van der Waals surface area contributed by atoms with Crippen LogP contribution in [0.25, 0.3) is 10.2 Å². The van der Waals surface area contributed by atoms with Crippen LogP contribution in [0.2, 0.25) is 5.28 Å². The fraction of sp³-hybridized carbons (Fsp3) is 0.588. The molecule has 0 spiro atoms. The van der Waals surface area contributed by atoms with Crippen molar-refractivity contribution in [2.75, 3.05) is 51.0 Å². The second-order valence-corrected chi connectivity index (χ2v) is 8.46. The largest absolute Gasteiger partial charge is 0.448 e. The summed E-state index contributed by atoms with van der Waals surface area (Å²) in [6, 6.07) is 2.15. The van der Waals surface area contributed by atoms with Crippen molar-refractivity contribution in [1.29, 1.82) is 0 Å². The molecule has 0 amide bonds. The van der Waals surface area contributed by atoms with Crippen molar-refractivity contribution < 1.29 is 14.3 Å². The second-order valence-electron chi connectivity index (χ2n) is 6.98. The Labute approximate surface area is 165 Å². The van der Waals surface area contributed by atoms with Gasteiger partial charge < -0.3 is 19.7 Å². The molecular weight excluding hydrogens is 390 g/mol. The topological polar surface area (TPSA) is 79.8 Å². The zero-order valence-electron chi connectivity index (χ0n) is 14.7. The predicted octanol–water partition coefficient (Wildman–Crippen LogP) is 0.880. The molecule has 2 atom stereocenters. The third-order valence-corrected chi connectivity index (χ3v) is 6.65. The lowest BCUT2D eigenvalue weighted by atomic mass is 10.1. The number of anilines is 1. The van der Waals surface area contributed by atoms with E-state index in [9.17, 15) is 4.79 Å². The van der Waals surface area contributed by atoms with E-state index in [0.29, 0.717) is 26.5 Å². The van der Waals surface area contributed by atoms with E-state index in [0.717, 1.165) is 42.1 Å². The number of thiophene rings is 1. The molecular formula is C17H20ClN5O3S. The molecule has 0 aliphatic carbocycles. The number of ether oxygens (including phenoxy) is 2. The van der Waals surface area contributed by atoms with Crippen molar-refractivity contribution in [2.24, 2.45) is 0 Å². The van der Waals surface area contributed by atoms with E-state index in [1.807, 2.05) is 0 Å². The second kappa shape index (κ2) is 7.14. The number of carbonyl (C=O) groups excluding carboxylic acids is 1. The summed E-state index contributed by atoms with van der Waals surface area (Å²) in [6.07, 6.45) is 0.835. The standard InChI is InChI=1S/C17H20ClN5O3S/c18-17-20-12-6-11(5-10-7-19-8-13-16(24)26-9-23(10)13)27-14(12)15(21-17)22-1-3-25-4-2-22/h6,10,13,19H,1-5,7-9H2. The number of carbonyl (C=O) groups is 1.